The number of benzene rings is 2. The predicted octanol–water partition coefficient (Wildman–Crippen LogP) is 4.22. The van der Waals surface area contributed by atoms with Crippen molar-refractivity contribution in [1.29, 1.82) is 0 Å². The summed E-state index contributed by atoms with van der Waals surface area (Å²) in [5, 5.41) is 3.44. The van der Waals surface area contributed by atoms with Crippen molar-refractivity contribution in [3.05, 3.63) is 65.2 Å². The van der Waals surface area contributed by atoms with Gasteiger partial charge in [0.2, 0.25) is 0 Å². The van der Waals surface area contributed by atoms with Crippen LogP contribution in [0.4, 0.5) is 10.5 Å². The fourth-order valence-electron chi connectivity index (χ4n) is 2.81. The Morgan fingerprint density at radius 2 is 1.74 bits per heavy atom. The third kappa shape index (κ3) is 3.54. The number of hydrogen-bond donors (Lipinski definition) is 1. The Morgan fingerprint density at radius 3 is 2.43 bits per heavy atom. The molecule has 1 aliphatic heterocycles. The van der Waals surface area contributed by atoms with Gasteiger partial charge < -0.3 is 10.2 Å². The highest BCUT2D eigenvalue weighted by Crippen LogP contribution is 2.23. The van der Waals surface area contributed by atoms with Crippen LogP contribution in [-0.4, -0.2) is 29.3 Å². The molecular weight excluding hydrogens is 312 g/mol. The standard InChI is InChI=1S/C18H17ClN2O2/c19-14-8-10-15(11-9-14)20-18(23)21-12-4-7-16(21)17(22)13-5-2-1-3-6-13/h1-3,5-6,8-11,16H,4,7,12H2,(H,20,23). The van der Waals surface area contributed by atoms with Gasteiger partial charge in [0.1, 0.15) is 0 Å². The molecule has 118 valence electrons. The number of anilines is 1. The molecule has 4 nitrogen and oxygen atoms in total. The number of carbonyl (C=O) groups is 2. The van der Waals surface area contributed by atoms with Gasteiger partial charge in [0, 0.05) is 22.8 Å². The summed E-state index contributed by atoms with van der Waals surface area (Å²) in [6, 6.07) is 15.4. The molecule has 3 rings (SSSR count). The van der Waals surface area contributed by atoms with Gasteiger partial charge in [-0.25, -0.2) is 4.79 Å². The molecule has 0 radical (unpaired) electrons. The molecule has 0 aliphatic carbocycles. The first-order valence-corrected chi connectivity index (χ1v) is 7.95. The molecule has 0 aromatic heterocycles. The first-order chi connectivity index (χ1) is 11.1. The van der Waals surface area contributed by atoms with Crippen LogP contribution in [0.15, 0.2) is 54.6 Å². The van der Waals surface area contributed by atoms with Crippen molar-refractivity contribution in [3.8, 4) is 0 Å². The Balaban J connectivity index is 1.72. The van der Waals surface area contributed by atoms with E-state index in [9.17, 15) is 9.59 Å². The van der Waals surface area contributed by atoms with Crippen molar-refractivity contribution in [2.45, 2.75) is 18.9 Å². The summed E-state index contributed by atoms with van der Waals surface area (Å²) in [7, 11) is 0. The average molecular weight is 329 g/mol. The van der Waals surface area contributed by atoms with E-state index >= 15 is 0 Å². The van der Waals surface area contributed by atoms with Crippen LogP contribution in [0.3, 0.4) is 0 Å². The van der Waals surface area contributed by atoms with Crippen LogP contribution in [0.1, 0.15) is 23.2 Å². The molecule has 2 aromatic carbocycles. The van der Waals surface area contributed by atoms with E-state index in [2.05, 4.69) is 5.32 Å². The fourth-order valence-corrected chi connectivity index (χ4v) is 2.93. The van der Waals surface area contributed by atoms with Crippen LogP contribution in [0.25, 0.3) is 0 Å². The quantitative estimate of drug-likeness (QED) is 0.858. The highest BCUT2D eigenvalue weighted by atomic mass is 35.5. The Hall–Kier alpha value is -2.33. The Morgan fingerprint density at radius 1 is 1.04 bits per heavy atom. The van der Waals surface area contributed by atoms with Gasteiger partial charge in [0.15, 0.2) is 5.78 Å². The number of rotatable bonds is 3. The summed E-state index contributed by atoms with van der Waals surface area (Å²) >= 11 is 5.84. The lowest BCUT2D eigenvalue weighted by Crippen LogP contribution is -2.42. The summed E-state index contributed by atoms with van der Waals surface area (Å²) < 4.78 is 0. The lowest BCUT2D eigenvalue weighted by Gasteiger charge is -2.24. The molecule has 1 N–H and O–H groups in total. The fraction of sp³-hybridized carbons (Fsp3) is 0.222. The first kappa shape index (κ1) is 15.6. The normalized spacial score (nSPS) is 17.1. The van der Waals surface area contributed by atoms with E-state index < -0.39 is 6.04 Å². The molecule has 1 fully saturated rings. The lowest BCUT2D eigenvalue weighted by atomic mass is 10.0. The van der Waals surface area contributed by atoms with E-state index in [4.69, 9.17) is 11.6 Å². The van der Waals surface area contributed by atoms with Gasteiger partial charge in [0.25, 0.3) is 0 Å². The van der Waals surface area contributed by atoms with Crippen molar-refractivity contribution in [1.82, 2.24) is 4.90 Å². The van der Waals surface area contributed by atoms with E-state index in [1.807, 2.05) is 18.2 Å². The van der Waals surface area contributed by atoms with Crippen molar-refractivity contribution < 1.29 is 9.59 Å². The maximum absolute atomic E-state index is 12.6. The van der Waals surface area contributed by atoms with E-state index in [1.54, 1.807) is 41.3 Å². The van der Waals surface area contributed by atoms with Crippen LogP contribution in [0.2, 0.25) is 5.02 Å². The summed E-state index contributed by atoms with van der Waals surface area (Å²) in [5.41, 5.74) is 1.31. The molecule has 1 heterocycles. The van der Waals surface area contributed by atoms with E-state index in [1.165, 1.54) is 0 Å². The molecule has 1 atom stereocenters. The monoisotopic (exact) mass is 328 g/mol. The van der Waals surface area contributed by atoms with Crippen LogP contribution in [0, 0.1) is 0 Å². The molecule has 0 spiro atoms. The molecule has 5 heteroatoms. The maximum atomic E-state index is 12.6. The van der Waals surface area contributed by atoms with Gasteiger partial charge in [-0.1, -0.05) is 41.9 Å². The minimum Gasteiger partial charge on any atom is -0.314 e. The van der Waals surface area contributed by atoms with Gasteiger partial charge >= 0.3 is 6.03 Å². The third-order valence-electron chi connectivity index (χ3n) is 3.97. The molecular formula is C18H17ClN2O2. The van der Waals surface area contributed by atoms with Crippen LogP contribution >= 0.6 is 11.6 Å². The molecule has 1 unspecified atom stereocenters. The molecule has 2 amide bonds. The van der Waals surface area contributed by atoms with Gasteiger partial charge in [-0.15, -0.1) is 0 Å². The minimum absolute atomic E-state index is 0.00523. The number of halogens is 1. The number of carbonyl (C=O) groups excluding carboxylic acids is 2. The average Bonchev–Trinajstić information content (AvgIpc) is 3.07. The van der Waals surface area contributed by atoms with Crippen LogP contribution < -0.4 is 5.32 Å². The minimum atomic E-state index is -0.398. The van der Waals surface area contributed by atoms with Crippen LogP contribution in [-0.2, 0) is 0 Å². The molecule has 1 aliphatic rings. The zero-order valence-electron chi connectivity index (χ0n) is 12.5. The van der Waals surface area contributed by atoms with Crippen molar-refractivity contribution in [2.24, 2.45) is 0 Å². The Bertz CT molecular complexity index is 701. The van der Waals surface area contributed by atoms with Crippen LogP contribution in [0.5, 0.6) is 0 Å². The second kappa shape index (κ2) is 6.84. The van der Waals surface area contributed by atoms with Gasteiger partial charge in [-0.05, 0) is 37.1 Å². The molecule has 23 heavy (non-hydrogen) atoms. The first-order valence-electron chi connectivity index (χ1n) is 7.57. The highest BCUT2D eigenvalue weighted by molar-refractivity contribution is 6.30. The zero-order chi connectivity index (χ0) is 16.2. The summed E-state index contributed by atoms with van der Waals surface area (Å²) in [6.07, 6.45) is 1.53. The molecule has 0 saturated carbocycles. The molecule has 1 saturated heterocycles. The topological polar surface area (TPSA) is 49.4 Å². The largest absolute Gasteiger partial charge is 0.322 e. The van der Waals surface area contributed by atoms with Gasteiger partial charge in [0.05, 0.1) is 6.04 Å². The number of likely N-dealkylation sites (tertiary alicyclic amines) is 1. The predicted molar refractivity (Wildman–Crippen MR) is 91.0 cm³/mol. The lowest BCUT2D eigenvalue weighted by molar-refractivity contribution is 0.0893. The molecule has 0 bridgehead atoms. The SMILES string of the molecule is O=C(c1ccccc1)C1CCCN1C(=O)Nc1ccc(Cl)cc1. The van der Waals surface area contributed by atoms with Crippen molar-refractivity contribution >= 4 is 29.1 Å². The second-order valence-electron chi connectivity index (χ2n) is 5.52. The van der Waals surface area contributed by atoms with Gasteiger partial charge in [-0.3, -0.25) is 4.79 Å². The third-order valence-corrected chi connectivity index (χ3v) is 4.22. The molecule has 2 aromatic rings. The number of nitrogens with zero attached hydrogens (tertiary/aromatic N) is 1. The summed E-state index contributed by atoms with van der Waals surface area (Å²) in [4.78, 5) is 26.7. The van der Waals surface area contributed by atoms with Gasteiger partial charge in [-0.2, -0.15) is 0 Å². The Labute approximate surface area is 140 Å². The summed E-state index contributed by atoms with van der Waals surface area (Å²) in [5.74, 6) is -0.00523. The summed E-state index contributed by atoms with van der Waals surface area (Å²) in [6.45, 7) is 0.586. The number of urea groups is 1. The number of hydrogen-bond acceptors (Lipinski definition) is 2. The van der Waals surface area contributed by atoms with E-state index in [-0.39, 0.29) is 11.8 Å². The highest BCUT2D eigenvalue weighted by Gasteiger charge is 2.34. The number of nitrogens with one attached hydrogen (secondary N) is 1. The second-order valence-corrected chi connectivity index (χ2v) is 5.96. The zero-order valence-corrected chi connectivity index (χ0v) is 13.3. The number of ketones is 1. The maximum Gasteiger partial charge on any atom is 0.322 e. The number of Topliss-reactive ketones (excluding diaryl/α,β-unsaturated/α-hetero) is 1. The van der Waals surface area contributed by atoms with Crippen molar-refractivity contribution in [2.75, 3.05) is 11.9 Å². The van der Waals surface area contributed by atoms with Crippen molar-refractivity contribution in [3.63, 3.8) is 0 Å². The van der Waals surface area contributed by atoms with E-state index in [0.29, 0.717) is 29.2 Å². The Kier molecular flexibility index (Phi) is 4.63. The number of amides is 2. The van der Waals surface area contributed by atoms with E-state index in [0.717, 1.165) is 6.42 Å². The smallest absolute Gasteiger partial charge is 0.314 e.